The molecule has 0 saturated carbocycles. The Hall–Kier alpha value is -3.29. The first kappa shape index (κ1) is 32.1. The molecule has 0 unspecified atom stereocenters. The molecule has 13 heteroatoms. The fourth-order valence-electron chi connectivity index (χ4n) is 6.19. The first-order valence-corrected chi connectivity index (χ1v) is 17.3. The minimum atomic E-state index is -3.82. The molecule has 0 amide bonds. The Bertz CT molecular complexity index is 1620. The standard InChI is InChI=1S/C31H44N6O6S/c1-4-8-25-28-29(35(3)34-25)31(39)33-30(32-28)24-21-23(10-11-26(24)42-5-2)44(40,41)37-17-13-22(14-18-37)9-12-27(38)43-20-19-36-15-6-7-16-36/h10-11,21-22H,4-9,12-20H2,1-3H3,(H,32,33,39). The van der Waals surface area contributed by atoms with Crippen LogP contribution in [0.25, 0.3) is 22.4 Å². The number of aromatic amines is 1. The molecule has 12 nitrogen and oxygen atoms in total. The topological polar surface area (TPSA) is 140 Å². The van der Waals surface area contributed by atoms with Gasteiger partial charge in [0, 0.05) is 33.1 Å². The molecular weight excluding hydrogens is 584 g/mol. The third kappa shape index (κ3) is 7.16. The minimum absolute atomic E-state index is 0.110. The van der Waals surface area contributed by atoms with E-state index in [1.165, 1.54) is 34.0 Å². The van der Waals surface area contributed by atoms with Crippen molar-refractivity contribution in [3.63, 3.8) is 0 Å². The summed E-state index contributed by atoms with van der Waals surface area (Å²) in [5, 5.41) is 4.48. The Labute approximate surface area is 258 Å². The molecule has 5 rings (SSSR count). The highest BCUT2D eigenvalue weighted by Gasteiger charge is 2.31. The van der Waals surface area contributed by atoms with E-state index in [0.29, 0.717) is 80.8 Å². The molecule has 0 atom stereocenters. The van der Waals surface area contributed by atoms with Gasteiger partial charge in [-0.1, -0.05) is 13.3 Å². The Morgan fingerprint density at radius 2 is 1.86 bits per heavy atom. The lowest BCUT2D eigenvalue weighted by atomic mass is 9.93. The summed E-state index contributed by atoms with van der Waals surface area (Å²) in [4.78, 5) is 35.3. The molecule has 2 aliphatic heterocycles. The molecule has 2 fully saturated rings. The lowest BCUT2D eigenvalue weighted by molar-refractivity contribution is -0.144. The fourth-order valence-corrected chi connectivity index (χ4v) is 7.69. The first-order chi connectivity index (χ1) is 21.2. The van der Waals surface area contributed by atoms with Crippen molar-refractivity contribution in [2.75, 3.05) is 45.9 Å². The van der Waals surface area contributed by atoms with Crippen molar-refractivity contribution in [3.05, 3.63) is 34.2 Å². The van der Waals surface area contributed by atoms with E-state index >= 15 is 0 Å². The van der Waals surface area contributed by atoms with Gasteiger partial charge in [0.2, 0.25) is 10.0 Å². The Morgan fingerprint density at radius 3 is 2.57 bits per heavy atom. The second-order valence-corrected chi connectivity index (χ2v) is 13.6. The van der Waals surface area contributed by atoms with Crippen molar-refractivity contribution in [2.24, 2.45) is 13.0 Å². The zero-order valence-corrected chi connectivity index (χ0v) is 26.8. The minimum Gasteiger partial charge on any atom is -0.493 e. The van der Waals surface area contributed by atoms with Crippen molar-refractivity contribution in [3.8, 4) is 17.1 Å². The van der Waals surface area contributed by atoms with E-state index in [9.17, 15) is 18.0 Å². The molecule has 3 aromatic rings. The number of aromatic nitrogens is 4. The van der Waals surface area contributed by atoms with Gasteiger partial charge in [-0.15, -0.1) is 0 Å². The Kier molecular flexibility index (Phi) is 10.4. The van der Waals surface area contributed by atoms with E-state index in [1.54, 1.807) is 13.1 Å². The smallest absolute Gasteiger partial charge is 0.305 e. The highest BCUT2D eigenvalue weighted by atomic mass is 32.2. The molecule has 240 valence electrons. The van der Waals surface area contributed by atoms with Gasteiger partial charge in [-0.05, 0) is 82.7 Å². The average Bonchev–Trinajstić information content (AvgIpc) is 3.64. The molecule has 1 aromatic carbocycles. The molecule has 1 N–H and O–H groups in total. The largest absolute Gasteiger partial charge is 0.493 e. The lowest BCUT2D eigenvalue weighted by Crippen LogP contribution is -2.38. The highest BCUT2D eigenvalue weighted by Crippen LogP contribution is 2.33. The second kappa shape index (κ2) is 14.2. The van der Waals surface area contributed by atoms with Gasteiger partial charge in [0.05, 0.1) is 22.8 Å². The van der Waals surface area contributed by atoms with Gasteiger partial charge in [-0.3, -0.25) is 19.2 Å². The summed E-state index contributed by atoms with van der Waals surface area (Å²) in [5.74, 6) is 0.751. The van der Waals surface area contributed by atoms with Gasteiger partial charge in [-0.2, -0.15) is 9.40 Å². The summed E-state index contributed by atoms with van der Waals surface area (Å²) in [7, 11) is -2.11. The molecule has 2 aliphatic rings. The number of hydrogen-bond donors (Lipinski definition) is 1. The summed E-state index contributed by atoms with van der Waals surface area (Å²) in [6.07, 6.45) is 6.33. The third-order valence-corrected chi connectivity index (χ3v) is 10.5. The maximum absolute atomic E-state index is 13.8. The van der Waals surface area contributed by atoms with E-state index in [1.807, 2.05) is 13.8 Å². The molecule has 44 heavy (non-hydrogen) atoms. The van der Waals surface area contributed by atoms with Crippen molar-refractivity contribution < 1.29 is 22.7 Å². The molecule has 2 saturated heterocycles. The van der Waals surface area contributed by atoms with Crippen molar-refractivity contribution in [2.45, 2.75) is 70.1 Å². The number of nitrogens with one attached hydrogen (secondary N) is 1. The van der Waals surface area contributed by atoms with Crippen LogP contribution in [0.3, 0.4) is 0 Å². The molecule has 0 spiro atoms. The SMILES string of the molecule is CCCc1nn(C)c2c(=O)[nH]c(-c3cc(S(=O)(=O)N4CCC(CCC(=O)OCCN5CCCC5)CC4)ccc3OCC)nc12. The first-order valence-electron chi connectivity index (χ1n) is 15.8. The van der Waals surface area contributed by atoms with E-state index < -0.39 is 10.0 Å². The molecule has 4 heterocycles. The van der Waals surface area contributed by atoms with Gasteiger partial charge in [0.15, 0.2) is 5.52 Å². The number of fused-ring (bicyclic) bond motifs is 1. The van der Waals surface area contributed by atoms with Gasteiger partial charge in [0.25, 0.3) is 5.56 Å². The van der Waals surface area contributed by atoms with E-state index in [2.05, 4.69) is 15.0 Å². The van der Waals surface area contributed by atoms with Crippen LogP contribution >= 0.6 is 0 Å². The van der Waals surface area contributed by atoms with Crippen LogP contribution < -0.4 is 10.3 Å². The highest BCUT2D eigenvalue weighted by molar-refractivity contribution is 7.89. The third-order valence-electron chi connectivity index (χ3n) is 8.59. The molecule has 2 aromatic heterocycles. The molecule has 0 aliphatic carbocycles. The quantitative estimate of drug-likeness (QED) is 0.282. The summed E-state index contributed by atoms with van der Waals surface area (Å²) >= 11 is 0. The van der Waals surface area contributed by atoms with E-state index in [-0.39, 0.29) is 28.2 Å². The number of H-pyrrole nitrogens is 1. The molecule has 0 bridgehead atoms. The summed E-state index contributed by atoms with van der Waals surface area (Å²) in [6.45, 7) is 8.35. The summed E-state index contributed by atoms with van der Waals surface area (Å²) < 4.78 is 41.8. The summed E-state index contributed by atoms with van der Waals surface area (Å²) in [6, 6.07) is 4.69. The number of aryl methyl sites for hydroxylation is 2. The number of sulfonamides is 1. The predicted molar refractivity (Wildman–Crippen MR) is 167 cm³/mol. The lowest BCUT2D eigenvalue weighted by Gasteiger charge is -2.31. The zero-order chi connectivity index (χ0) is 31.3. The number of likely N-dealkylation sites (tertiary alicyclic amines) is 1. The molecular formula is C31H44N6O6S. The van der Waals surface area contributed by atoms with Gasteiger partial charge in [-0.25, -0.2) is 13.4 Å². The van der Waals surface area contributed by atoms with Gasteiger partial charge in [0.1, 0.15) is 23.7 Å². The van der Waals surface area contributed by atoms with E-state index in [0.717, 1.165) is 31.7 Å². The number of hydrogen-bond acceptors (Lipinski definition) is 9. The van der Waals surface area contributed by atoms with Crippen LogP contribution in [0.15, 0.2) is 27.9 Å². The zero-order valence-electron chi connectivity index (χ0n) is 26.0. The summed E-state index contributed by atoms with van der Waals surface area (Å²) in [5.41, 5.74) is 1.64. The van der Waals surface area contributed by atoms with Gasteiger partial charge >= 0.3 is 5.97 Å². The fraction of sp³-hybridized carbons (Fsp3) is 0.613. The van der Waals surface area contributed by atoms with Gasteiger partial charge < -0.3 is 14.5 Å². The van der Waals surface area contributed by atoms with Crippen molar-refractivity contribution in [1.82, 2.24) is 29.0 Å². The average molecular weight is 629 g/mol. The van der Waals surface area contributed by atoms with Crippen LogP contribution in [-0.2, 0) is 33.0 Å². The number of ether oxygens (including phenoxy) is 2. The maximum atomic E-state index is 13.8. The molecule has 0 radical (unpaired) electrons. The van der Waals surface area contributed by atoms with Crippen molar-refractivity contribution in [1.29, 1.82) is 0 Å². The van der Waals surface area contributed by atoms with Crippen molar-refractivity contribution >= 4 is 27.0 Å². The second-order valence-electron chi connectivity index (χ2n) is 11.7. The van der Waals surface area contributed by atoms with Crippen LogP contribution in [0.1, 0.15) is 64.5 Å². The van der Waals surface area contributed by atoms with Crippen LogP contribution in [0.2, 0.25) is 0 Å². The number of benzene rings is 1. The number of rotatable bonds is 13. The number of piperidine rings is 1. The van der Waals surface area contributed by atoms with Crippen LogP contribution in [-0.4, -0.2) is 89.3 Å². The van der Waals surface area contributed by atoms with Crippen LogP contribution in [0.4, 0.5) is 0 Å². The van der Waals surface area contributed by atoms with E-state index in [4.69, 9.17) is 14.5 Å². The number of carbonyl (C=O) groups excluding carboxylic acids is 1. The maximum Gasteiger partial charge on any atom is 0.305 e. The number of carbonyl (C=O) groups is 1. The Balaban J connectivity index is 1.27. The van der Waals surface area contributed by atoms with Crippen LogP contribution in [0.5, 0.6) is 5.75 Å². The predicted octanol–water partition coefficient (Wildman–Crippen LogP) is 3.49. The van der Waals surface area contributed by atoms with Crippen LogP contribution in [0, 0.1) is 5.92 Å². The normalized spacial score (nSPS) is 17.0. The Morgan fingerprint density at radius 1 is 1.11 bits per heavy atom. The number of esters is 1. The number of nitrogens with zero attached hydrogens (tertiary/aromatic N) is 5. The monoisotopic (exact) mass is 628 g/mol.